The average Bonchev–Trinajstić information content (AvgIpc) is 2.18. The minimum atomic E-state index is -3.11. The van der Waals surface area contributed by atoms with E-state index in [4.69, 9.17) is 14.8 Å². The Labute approximate surface area is 109 Å². The molecule has 0 aliphatic rings. The van der Waals surface area contributed by atoms with Gasteiger partial charge in [-0.2, -0.15) is 0 Å². The van der Waals surface area contributed by atoms with Crippen molar-refractivity contribution in [3.8, 4) is 0 Å². The highest BCUT2D eigenvalue weighted by atomic mass is 31.2. The Kier molecular flexibility index (Phi) is 5.39. The lowest BCUT2D eigenvalue weighted by Gasteiger charge is -2.22. The van der Waals surface area contributed by atoms with E-state index in [-0.39, 0.29) is 18.4 Å². The lowest BCUT2D eigenvalue weighted by atomic mass is 10.2. The molecule has 0 aromatic heterocycles. The van der Waals surface area contributed by atoms with Gasteiger partial charge in [-0.1, -0.05) is 12.1 Å². The summed E-state index contributed by atoms with van der Waals surface area (Å²) in [4.78, 5) is 0. The Morgan fingerprint density at radius 3 is 1.89 bits per heavy atom. The quantitative estimate of drug-likeness (QED) is 0.631. The summed E-state index contributed by atoms with van der Waals surface area (Å²) >= 11 is 0. The van der Waals surface area contributed by atoms with E-state index < -0.39 is 7.60 Å². The van der Waals surface area contributed by atoms with Crippen molar-refractivity contribution in [2.45, 2.75) is 46.1 Å². The van der Waals surface area contributed by atoms with E-state index in [1.165, 1.54) is 0 Å². The summed E-state index contributed by atoms with van der Waals surface area (Å²) in [7, 11) is -3.11. The summed E-state index contributed by atoms with van der Waals surface area (Å²) in [5, 5.41) is 0. The lowest BCUT2D eigenvalue weighted by Crippen LogP contribution is -2.09. The molecule has 0 aliphatic heterocycles. The molecule has 0 unspecified atom stereocenters. The van der Waals surface area contributed by atoms with Gasteiger partial charge in [0.25, 0.3) is 0 Å². The first kappa shape index (κ1) is 15.2. The third-order valence-electron chi connectivity index (χ3n) is 2.10. The van der Waals surface area contributed by atoms with Gasteiger partial charge in [0.15, 0.2) is 0 Å². The number of nitrogen functional groups attached to an aromatic ring is 1. The van der Waals surface area contributed by atoms with Crippen molar-refractivity contribution in [2.75, 3.05) is 5.73 Å². The molecular formula is C13H22NO3P. The van der Waals surface area contributed by atoms with Gasteiger partial charge in [-0.25, -0.2) is 0 Å². The Hall–Kier alpha value is -0.830. The molecule has 4 nitrogen and oxygen atoms in total. The zero-order valence-electron chi connectivity index (χ0n) is 11.4. The van der Waals surface area contributed by atoms with E-state index >= 15 is 0 Å². The van der Waals surface area contributed by atoms with Gasteiger partial charge in [-0.3, -0.25) is 4.57 Å². The SMILES string of the molecule is CC(C)OP(=O)(Cc1ccc(N)cc1)OC(C)C. The summed E-state index contributed by atoms with van der Waals surface area (Å²) in [6, 6.07) is 7.25. The van der Waals surface area contributed by atoms with E-state index in [2.05, 4.69) is 0 Å². The number of benzene rings is 1. The molecule has 1 aromatic rings. The minimum absolute atomic E-state index is 0.136. The van der Waals surface area contributed by atoms with E-state index in [0.717, 1.165) is 5.56 Å². The van der Waals surface area contributed by atoms with Crippen LogP contribution in [0.25, 0.3) is 0 Å². The maximum absolute atomic E-state index is 12.6. The van der Waals surface area contributed by atoms with Crippen LogP contribution in [0.15, 0.2) is 24.3 Å². The third kappa shape index (κ3) is 5.21. The molecule has 0 aliphatic carbocycles. The fourth-order valence-electron chi connectivity index (χ4n) is 1.59. The molecular weight excluding hydrogens is 249 g/mol. The van der Waals surface area contributed by atoms with Gasteiger partial charge in [0, 0.05) is 5.69 Å². The molecule has 5 heteroatoms. The van der Waals surface area contributed by atoms with E-state index in [9.17, 15) is 4.57 Å². The molecule has 0 bridgehead atoms. The first-order valence-corrected chi connectivity index (χ1v) is 7.84. The third-order valence-corrected chi connectivity index (χ3v) is 4.34. The van der Waals surface area contributed by atoms with Crippen LogP contribution in [0.3, 0.4) is 0 Å². The van der Waals surface area contributed by atoms with Gasteiger partial charge < -0.3 is 14.8 Å². The van der Waals surface area contributed by atoms with Gasteiger partial charge >= 0.3 is 7.60 Å². The molecule has 0 saturated heterocycles. The standard InChI is InChI=1S/C13H22NO3P/c1-10(2)16-18(15,17-11(3)4)9-12-5-7-13(14)8-6-12/h5-8,10-11H,9,14H2,1-4H3. The van der Waals surface area contributed by atoms with E-state index in [0.29, 0.717) is 5.69 Å². The Balaban J connectivity index is 2.84. The molecule has 0 amide bonds. The summed E-state index contributed by atoms with van der Waals surface area (Å²) in [5.41, 5.74) is 7.20. The highest BCUT2D eigenvalue weighted by Crippen LogP contribution is 2.53. The second-order valence-electron chi connectivity index (χ2n) is 4.82. The first-order valence-electron chi connectivity index (χ1n) is 6.11. The Morgan fingerprint density at radius 2 is 1.50 bits per heavy atom. The molecule has 0 heterocycles. The number of hydrogen-bond donors (Lipinski definition) is 1. The van der Waals surface area contributed by atoms with Gasteiger partial charge in [-0.05, 0) is 45.4 Å². The van der Waals surface area contributed by atoms with Crippen LogP contribution in [-0.2, 0) is 19.8 Å². The van der Waals surface area contributed by atoms with Crippen LogP contribution in [0.4, 0.5) is 5.69 Å². The van der Waals surface area contributed by atoms with E-state index in [1.807, 2.05) is 39.8 Å². The molecule has 102 valence electrons. The van der Waals surface area contributed by atoms with Gasteiger partial charge in [0.2, 0.25) is 0 Å². The zero-order valence-corrected chi connectivity index (χ0v) is 12.3. The lowest BCUT2D eigenvalue weighted by molar-refractivity contribution is 0.141. The second-order valence-corrected chi connectivity index (χ2v) is 6.78. The Bertz CT molecular complexity index is 401. The van der Waals surface area contributed by atoms with Gasteiger partial charge in [0.05, 0.1) is 18.4 Å². The molecule has 2 N–H and O–H groups in total. The average molecular weight is 271 g/mol. The van der Waals surface area contributed by atoms with Gasteiger partial charge in [-0.15, -0.1) is 0 Å². The van der Waals surface area contributed by atoms with Crippen LogP contribution < -0.4 is 5.73 Å². The maximum Gasteiger partial charge on any atom is 0.335 e. The van der Waals surface area contributed by atoms with Crippen molar-refractivity contribution in [1.82, 2.24) is 0 Å². The molecule has 0 fully saturated rings. The fourth-order valence-corrected chi connectivity index (χ4v) is 3.73. The smallest absolute Gasteiger partial charge is 0.335 e. The van der Waals surface area contributed by atoms with Crippen LogP contribution >= 0.6 is 7.60 Å². The van der Waals surface area contributed by atoms with Crippen molar-refractivity contribution < 1.29 is 13.6 Å². The largest absolute Gasteiger partial charge is 0.399 e. The van der Waals surface area contributed by atoms with E-state index in [1.54, 1.807) is 12.1 Å². The molecule has 18 heavy (non-hydrogen) atoms. The van der Waals surface area contributed by atoms with Crippen molar-refractivity contribution in [3.05, 3.63) is 29.8 Å². The maximum atomic E-state index is 12.6. The number of anilines is 1. The van der Waals surface area contributed by atoms with Crippen LogP contribution in [0, 0.1) is 0 Å². The minimum Gasteiger partial charge on any atom is -0.399 e. The van der Waals surface area contributed by atoms with Crippen molar-refractivity contribution in [1.29, 1.82) is 0 Å². The molecule has 1 rings (SSSR count). The number of nitrogens with two attached hydrogens (primary N) is 1. The highest BCUT2D eigenvalue weighted by molar-refractivity contribution is 7.53. The molecule has 0 spiro atoms. The second kappa shape index (κ2) is 6.37. The summed E-state index contributed by atoms with van der Waals surface area (Å²) < 4.78 is 23.6. The normalized spacial score (nSPS) is 12.3. The van der Waals surface area contributed by atoms with Crippen molar-refractivity contribution >= 4 is 13.3 Å². The number of hydrogen-bond acceptors (Lipinski definition) is 4. The first-order chi connectivity index (χ1) is 8.31. The number of rotatable bonds is 6. The highest BCUT2D eigenvalue weighted by Gasteiger charge is 2.27. The predicted octanol–water partition coefficient (Wildman–Crippen LogP) is 3.81. The van der Waals surface area contributed by atoms with Crippen molar-refractivity contribution in [2.24, 2.45) is 0 Å². The monoisotopic (exact) mass is 271 g/mol. The summed E-state index contributed by atoms with van der Waals surface area (Å²) in [6.45, 7) is 7.39. The van der Waals surface area contributed by atoms with Gasteiger partial charge in [0.1, 0.15) is 0 Å². The topological polar surface area (TPSA) is 61.5 Å². The Morgan fingerprint density at radius 1 is 1.06 bits per heavy atom. The predicted molar refractivity (Wildman–Crippen MR) is 74.6 cm³/mol. The summed E-state index contributed by atoms with van der Waals surface area (Å²) in [5.74, 6) is 0. The zero-order chi connectivity index (χ0) is 13.8. The summed E-state index contributed by atoms with van der Waals surface area (Å²) in [6.07, 6.45) is -0.00405. The van der Waals surface area contributed by atoms with Crippen LogP contribution in [0.5, 0.6) is 0 Å². The molecule has 0 saturated carbocycles. The van der Waals surface area contributed by atoms with Crippen LogP contribution in [-0.4, -0.2) is 12.2 Å². The molecule has 0 radical (unpaired) electrons. The molecule has 0 atom stereocenters. The van der Waals surface area contributed by atoms with Crippen LogP contribution in [0.1, 0.15) is 33.3 Å². The fraction of sp³-hybridized carbons (Fsp3) is 0.538. The van der Waals surface area contributed by atoms with Crippen LogP contribution in [0.2, 0.25) is 0 Å². The van der Waals surface area contributed by atoms with Crippen molar-refractivity contribution in [3.63, 3.8) is 0 Å². The molecule has 1 aromatic carbocycles.